The second-order valence-corrected chi connectivity index (χ2v) is 10.2. The largest absolute Gasteiger partial charge is 0.486 e. The second kappa shape index (κ2) is 14.1. The van der Waals surface area contributed by atoms with Gasteiger partial charge >= 0.3 is 5.97 Å². The van der Waals surface area contributed by atoms with Crippen molar-refractivity contribution in [2.24, 2.45) is 11.1 Å². The van der Waals surface area contributed by atoms with E-state index in [0.717, 1.165) is 28.7 Å². The molecule has 1 unspecified atom stereocenters. The number of ether oxygens (including phenoxy) is 2. The van der Waals surface area contributed by atoms with Crippen LogP contribution in [-0.4, -0.2) is 37.0 Å². The highest BCUT2D eigenvalue weighted by atomic mass is 16.5. The van der Waals surface area contributed by atoms with Gasteiger partial charge in [-0.3, -0.25) is 9.59 Å². The van der Waals surface area contributed by atoms with Crippen LogP contribution in [-0.2, 0) is 9.53 Å². The molecule has 0 heterocycles. The molecule has 0 bridgehead atoms. The molecule has 3 aromatic rings. The Labute approximate surface area is 230 Å². The standard InChI is InChI=1S/C32H38N2O5/c1-21(2)18-30(25-10-12-26(13-11-25)32(36)33-17-16-31(35)38-5)39-28-14-15-29(27(19-28)20-34-37)24-8-6-23(7-9-24)22(3)4/h6-15,19-22,30,37H,16-18H2,1-5H3,(H,33,36)/b34-20-. The summed E-state index contributed by atoms with van der Waals surface area (Å²) in [6.45, 7) is 8.80. The monoisotopic (exact) mass is 530 g/mol. The van der Waals surface area contributed by atoms with E-state index in [-0.39, 0.29) is 30.9 Å². The van der Waals surface area contributed by atoms with Crippen molar-refractivity contribution < 1.29 is 24.3 Å². The molecule has 2 N–H and O–H groups in total. The fourth-order valence-corrected chi connectivity index (χ4v) is 4.27. The third-order valence-electron chi connectivity index (χ3n) is 6.46. The van der Waals surface area contributed by atoms with Crippen LogP contribution in [0.15, 0.2) is 71.9 Å². The molecule has 3 rings (SSSR count). The van der Waals surface area contributed by atoms with Gasteiger partial charge in [-0.1, -0.05) is 75.3 Å². The molecule has 0 saturated carbocycles. The molecule has 3 aromatic carbocycles. The highest BCUT2D eigenvalue weighted by Crippen LogP contribution is 2.32. The molecule has 0 radical (unpaired) electrons. The van der Waals surface area contributed by atoms with E-state index in [0.29, 0.717) is 23.1 Å². The fourth-order valence-electron chi connectivity index (χ4n) is 4.27. The summed E-state index contributed by atoms with van der Waals surface area (Å²) in [6, 6.07) is 21.5. The number of amides is 1. The lowest BCUT2D eigenvalue weighted by Crippen LogP contribution is -2.26. The van der Waals surface area contributed by atoms with Gasteiger partial charge in [0.15, 0.2) is 0 Å². The maximum Gasteiger partial charge on any atom is 0.307 e. The number of hydrogen-bond acceptors (Lipinski definition) is 6. The second-order valence-electron chi connectivity index (χ2n) is 10.2. The van der Waals surface area contributed by atoms with E-state index >= 15 is 0 Å². The number of carbonyl (C=O) groups excluding carboxylic acids is 2. The smallest absolute Gasteiger partial charge is 0.307 e. The predicted octanol–water partition coefficient (Wildman–Crippen LogP) is 6.74. The summed E-state index contributed by atoms with van der Waals surface area (Å²) >= 11 is 0. The van der Waals surface area contributed by atoms with Crippen LogP contribution >= 0.6 is 0 Å². The van der Waals surface area contributed by atoms with Crippen LogP contribution in [0.1, 0.15) is 79.6 Å². The van der Waals surface area contributed by atoms with Gasteiger partial charge in [0.05, 0.1) is 19.7 Å². The minimum atomic E-state index is -0.371. The van der Waals surface area contributed by atoms with Crippen molar-refractivity contribution in [1.82, 2.24) is 5.32 Å². The van der Waals surface area contributed by atoms with Crippen molar-refractivity contribution in [2.45, 2.75) is 52.6 Å². The van der Waals surface area contributed by atoms with Gasteiger partial charge < -0.3 is 20.0 Å². The Morgan fingerprint density at radius 3 is 2.21 bits per heavy atom. The van der Waals surface area contributed by atoms with Crippen LogP contribution in [0.4, 0.5) is 0 Å². The first-order valence-corrected chi connectivity index (χ1v) is 13.2. The summed E-state index contributed by atoms with van der Waals surface area (Å²) in [4.78, 5) is 23.7. The molecule has 206 valence electrons. The Kier molecular flexibility index (Phi) is 10.7. The molecule has 0 spiro atoms. The third-order valence-corrected chi connectivity index (χ3v) is 6.46. The van der Waals surface area contributed by atoms with Gasteiger partial charge in [0.1, 0.15) is 11.9 Å². The molecule has 0 aliphatic heterocycles. The molecule has 39 heavy (non-hydrogen) atoms. The molecule has 1 amide bonds. The molecule has 0 saturated heterocycles. The Hall–Kier alpha value is -4.13. The van der Waals surface area contributed by atoms with Gasteiger partial charge in [0, 0.05) is 17.7 Å². The molecular weight excluding hydrogens is 492 g/mol. The number of rotatable bonds is 12. The topological polar surface area (TPSA) is 97.2 Å². The Morgan fingerprint density at radius 1 is 0.949 bits per heavy atom. The van der Waals surface area contributed by atoms with Crippen LogP contribution in [0.3, 0.4) is 0 Å². The number of methoxy groups -OCH3 is 1. The third kappa shape index (κ3) is 8.43. The first-order chi connectivity index (χ1) is 18.7. The van der Waals surface area contributed by atoms with Crippen LogP contribution in [0.25, 0.3) is 11.1 Å². The van der Waals surface area contributed by atoms with Gasteiger partial charge in [-0.15, -0.1) is 0 Å². The summed E-state index contributed by atoms with van der Waals surface area (Å²) < 4.78 is 11.0. The zero-order chi connectivity index (χ0) is 28.4. The Morgan fingerprint density at radius 2 is 1.62 bits per heavy atom. The quantitative estimate of drug-likeness (QED) is 0.117. The summed E-state index contributed by atoms with van der Waals surface area (Å²) in [5.41, 5.74) is 5.42. The normalized spacial score (nSPS) is 12.1. The van der Waals surface area contributed by atoms with Gasteiger partial charge in [0.25, 0.3) is 5.91 Å². The Balaban J connectivity index is 1.80. The fraction of sp³-hybridized carbons (Fsp3) is 0.344. The number of carbonyl (C=O) groups is 2. The molecule has 0 aliphatic rings. The first kappa shape index (κ1) is 29.4. The van der Waals surface area contributed by atoms with E-state index in [4.69, 9.17) is 4.74 Å². The van der Waals surface area contributed by atoms with Crippen LogP contribution in [0.2, 0.25) is 0 Å². The first-order valence-electron chi connectivity index (χ1n) is 13.2. The minimum Gasteiger partial charge on any atom is -0.486 e. The maximum atomic E-state index is 12.4. The lowest BCUT2D eigenvalue weighted by atomic mass is 9.96. The highest BCUT2D eigenvalue weighted by molar-refractivity contribution is 5.94. The molecule has 7 nitrogen and oxygen atoms in total. The van der Waals surface area contributed by atoms with E-state index in [1.807, 2.05) is 30.3 Å². The number of esters is 1. The van der Waals surface area contributed by atoms with E-state index in [1.165, 1.54) is 18.9 Å². The van der Waals surface area contributed by atoms with Crippen molar-refractivity contribution in [3.05, 3.63) is 89.0 Å². The zero-order valence-corrected chi connectivity index (χ0v) is 23.3. The summed E-state index contributed by atoms with van der Waals surface area (Å²) in [6.07, 6.45) is 2.07. The van der Waals surface area contributed by atoms with Crippen LogP contribution in [0.5, 0.6) is 5.75 Å². The Bertz CT molecular complexity index is 1260. The van der Waals surface area contributed by atoms with Crippen LogP contribution < -0.4 is 10.1 Å². The SMILES string of the molecule is COC(=O)CCNC(=O)c1ccc(C(CC(C)C)Oc2ccc(-c3ccc(C(C)C)cc3)c(/C=N\O)c2)cc1. The number of hydrogen-bond donors (Lipinski definition) is 2. The lowest BCUT2D eigenvalue weighted by Gasteiger charge is -2.22. The van der Waals surface area contributed by atoms with Crippen molar-refractivity contribution >= 4 is 18.1 Å². The number of nitrogens with zero attached hydrogens (tertiary/aromatic N) is 1. The average molecular weight is 531 g/mol. The summed E-state index contributed by atoms with van der Waals surface area (Å²) in [5.74, 6) is 0.846. The van der Waals surface area contributed by atoms with E-state index in [9.17, 15) is 14.8 Å². The number of nitrogens with one attached hydrogen (secondary N) is 1. The average Bonchev–Trinajstić information content (AvgIpc) is 2.93. The minimum absolute atomic E-state index is 0.121. The summed E-state index contributed by atoms with van der Waals surface area (Å²) in [5, 5.41) is 15.3. The lowest BCUT2D eigenvalue weighted by molar-refractivity contribution is -0.140. The molecule has 0 aromatic heterocycles. The van der Waals surface area contributed by atoms with Crippen molar-refractivity contribution in [3.8, 4) is 16.9 Å². The number of oxime groups is 1. The van der Waals surface area contributed by atoms with E-state index in [2.05, 4.69) is 67.2 Å². The van der Waals surface area contributed by atoms with Gasteiger partial charge in [-0.2, -0.15) is 0 Å². The molecule has 7 heteroatoms. The molecule has 0 aliphatic carbocycles. The van der Waals surface area contributed by atoms with Crippen molar-refractivity contribution in [1.29, 1.82) is 0 Å². The van der Waals surface area contributed by atoms with Gasteiger partial charge in [-0.05, 0) is 64.8 Å². The van der Waals surface area contributed by atoms with Crippen molar-refractivity contribution in [2.75, 3.05) is 13.7 Å². The molecular formula is C32H38N2O5. The van der Waals surface area contributed by atoms with Crippen LogP contribution in [0, 0.1) is 5.92 Å². The highest BCUT2D eigenvalue weighted by Gasteiger charge is 2.18. The zero-order valence-electron chi connectivity index (χ0n) is 23.3. The summed E-state index contributed by atoms with van der Waals surface area (Å²) in [7, 11) is 1.32. The van der Waals surface area contributed by atoms with Gasteiger partial charge in [0.2, 0.25) is 0 Å². The maximum absolute atomic E-state index is 12.4. The number of benzene rings is 3. The van der Waals surface area contributed by atoms with Gasteiger partial charge in [-0.25, -0.2) is 0 Å². The molecule has 1 atom stereocenters. The van der Waals surface area contributed by atoms with E-state index < -0.39 is 0 Å². The molecule has 0 fully saturated rings. The predicted molar refractivity (Wildman–Crippen MR) is 154 cm³/mol. The van der Waals surface area contributed by atoms with Crippen molar-refractivity contribution in [3.63, 3.8) is 0 Å². The van der Waals surface area contributed by atoms with E-state index in [1.54, 1.807) is 12.1 Å².